The lowest BCUT2D eigenvalue weighted by atomic mass is 10.0. The topological polar surface area (TPSA) is 40.6 Å². The minimum absolute atomic E-state index is 0.0302. The number of halogens is 1. The molecule has 1 aliphatic rings. The molecule has 0 radical (unpaired) electrons. The van der Waals surface area contributed by atoms with Crippen LogP contribution in [0.5, 0.6) is 0 Å². The molecule has 0 spiro atoms. The summed E-state index contributed by atoms with van der Waals surface area (Å²) in [5.74, 6) is -0.107. The molecule has 0 aliphatic carbocycles. The Kier molecular flexibility index (Phi) is 6.12. The summed E-state index contributed by atoms with van der Waals surface area (Å²) in [5, 5.41) is 0. The van der Waals surface area contributed by atoms with Gasteiger partial charge in [0.25, 0.3) is 5.91 Å². The molecule has 148 valence electrons. The average Bonchev–Trinajstić information content (AvgIpc) is 2.83. The van der Waals surface area contributed by atoms with Gasteiger partial charge in [0.15, 0.2) is 0 Å². The van der Waals surface area contributed by atoms with Gasteiger partial charge in [-0.15, -0.1) is 0 Å². The fourth-order valence-corrected chi connectivity index (χ4v) is 3.68. The quantitative estimate of drug-likeness (QED) is 0.801. The van der Waals surface area contributed by atoms with Gasteiger partial charge in [-0.05, 0) is 42.7 Å². The highest BCUT2D eigenvalue weighted by Gasteiger charge is 2.33. The third-order valence-electron chi connectivity index (χ3n) is 5.31. The maximum absolute atomic E-state index is 13.2. The number of rotatable bonds is 4. The van der Waals surface area contributed by atoms with Crippen molar-refractivity contribution < 1.29 is 14.0 Å². The molecule has 1 fully saturated rings. The lowest BCUT2D eigenvalue weighted by molar-refractivity contribution is -0.134. The zero-order valence-electron chi connectivity index (χ0n) is 16.7. The predicted molar refractivity (Wildman–Crippen MR) is 107 cm³/mol. The SMILES string of the molecule is Cc1cccc(C(=O)N2CCC(=O)N(Cc3ccc(F)cc3)[C@H](C(C)C)C2)c1. The van der Waals surface area contributed by atoms with Crippen LogP contribution in [0.3, 0.4) is 0 Å². The van der Waals surface area contributed by atoms with E-state index >= 15 is 0 Å². The number of nitrogens with zero attached hydrogens (tertiary/aromatic N) is 2. The molecule has 28 heavy (non-hydrogen) atoms. The van der Waals surface area contributed by atoms with Crippen molar-refractivity contribution in [2.75, 3.05) is 13.1 Å². The molecule has 1 atom stereocenters. The Bertz CT molecular complexity index is 848. The van der Waals surface area contributed by atoms with E-state index in [2.05, 4.69) is 13.8 Å². The van der Waals surface area contributed by atoms with Crippen LogP contribution in [0.25, 0.3) is 0 Å². The van der Waals surface area contributed by atoms with E-state index in [-0.39, 0.29) is 29.6 Å². The standard InChI is InChI=1S/C23H27FN2O2/c1-16(2)21-15-25(23(28)19-6-4-5-17(3)13-19)12-11-22(27)26(21)14-18-7-9-20(24)10-8-18/h4-10,13,16,21H,11-12,14-15H2,1-3H3/t21-/m0/s1. The van der Waals surface area contributed by atoms with Crippen LogP contribution < -0.4 is 0 Å². The number of benzene rings is 2. The second-order valence-electron chi connectivity index (χ2n) is 7.83. The summed E-state index contributed by atoms with van der Waals surface area (Å²) in [6.45, 7) is 7.43. The van der Waals surface area contributed by atoms with Crippen molar-refractivity contribution in [2.45, 2.75) is 39.8 Å². The van der Waals surface area contributed by atoms with Crippen LogP contribution in [-0.2, 0) is 11.3 Å². The van der Waals surface area contributed by atoms with Crippen molar-refractivity contribution in [3.63, 3.8) is 0 Å². The van der Waals surface area contributed by atoms with Crippen LogP contribution in [0.1, 0.15) is 41.8 Å². The Morgan fingerprint density at radius 2 is 1.89 bits per heavy atom. The van der Waals surface area contributed by atoms with Crippen LogP contribution in [0.15, 0.2) is 48.5 Å². The lowest BCUT2D eigenvalue weighted by Gasteiger charge is -2.34. The van der Waals surface area contributed by atoms with Gasteiger partial charge in [-0.1, -0.05) is 43.7 Å². The molecular weight excluding hydrogens is 355 g/mol. The normalized spacial score (nSPS) is 17.8. The average molecular weight is 382 g/mol. The molecule has 2 aromatic carbocycles. The first-order valence-corrected chi connectivity index (χ1v) is 9.75. The molecule has 3 rings (SSSR count). The van der Waals surface area contributed by atoms with E-state index < -0.39 is 0 Å². The smallest absolute Gasteiger partial charge is 0.253 e. The third-order valence-corrected chi connectivity index (χ3v) is 5.31. The minimum atomic E-state index is -0.290. The zero-order valence-corrected chi connectivity index (χ0v) is 16.7. The molecular formula is C23H27FN2O2. The first kappa shape index (κ1) is 20.1. The molecule has 0 saturated carbocycles. The molecule has 0 N–H and O–H groups in total. The Balaban J connectivity index is 1.83. The van der Waals surface area contributed by atoms with Crippen molar-refractivity contribution in [1.82, 2.24) is 9.80 Å². The summed E-state index contributed by atoms with van der Waals surface area (Å²) in [5.41, 5.74) is 2.58. The highest BCUT2D eigenvalue weighted by atomic mass is 19.1. The van der Waals surface area contributed by atoms with Gasteiger partial charge in [-0.2, -0.15) is 0 Å². The van der Waals surface area contributed by atoms with Gasteiger partial charge in [-0.3, -0.25) is 9.59 Å². The minimum Gasteiger partial charge on any atom is -0.336 e. The molecule has 2 amide bonds. The van der Waals surface area contributed by atoms with Crippen molar-refractivity contribution >= 4 is 11.8 Å². The summed E-state index contributed by atoms with van der Waals surface area (Å²) in [6, 6.07) is 13.7. The number of aryl methyl sites for hydroxylation is 1. The maximum atomic E-state index is 13.2. The molecule has 2 aromatic rings. The summed E-state index contributed by atoms with van der Waals surface area (Å²) >= 11 is 0. The molecule has 1 heterocycles. The zero-order chi connectivity index (χ0) is 20.3. The Hall–Kier alpha value is -2.69. The Morgan fingerprint density at radius 1 is 1.18 bits per heavy atom. The molecule has 5 heteroatoms. The predicted octanol–water partition coefficient (Wildman–Crippen LogP) is 4.03. The number of hydrogen-bond donors (Lipinski definition) is 0. The fourth-order valence-electron chi connectivity index (χ4n) is 3.68. The second kappa shape index (κ2) is 8.55. The van der Waals surface area contributed by atoms with Crippen molar-refractivity contribution in [2.24, 2.45) is 5.92 Å². The first-order chi connectivity index (χ1) is 13.3. The number of amides is 2. The summed E-state index contributed by atoms with van der Waals surface area (Å²) in [7, 11) is 0. The molecule has 1 saturated heterocycles. The van der Waals surface area contributed by atoms with E-state index in [0.717, 1.165) is 11.1 Å². The van der Waals surface area contributed by atoms with Gasteiger partial charge >= 0.3 is 0 Å². The Labute approximate surface area is 166 Å². The van der Waals surface area contributed by atoms with Gasteiger partial charge in [0.1, 0.15) is 5.82 Å². The van der Waals surface area contributed by atoms with E-state index in [1.54, 1.807) is 17.0 Å². The second-order valence-corrected chi connectivity index (χ2v) is 7.83. The number of carbonyl (C=O) groups excluding carboxylic acids is 2. The molecule has 0 bridgehead atoms. The fraction of sp³-hybridized carbons (Fsp3) is 0.391. The van der Waals surface area contributed by atoms with Crippen molar-refractivity contribution in [3.8, 4) is 0 Å². The van der Waals surface area contributed by atoms with Gasteiger partial charge < -0.3 is 9.80 Å². The van der Waals surface area contributed by atoms with Gasteiger partial charge in [0.05, 0.1) is 6.04 Å². The van der Waals surface area contributed by atoms with Gasteiger partial charge in [-0.25, -0.2) is 4.39 Å². The van der Waals surface area contributed by atoms with Gasteiger partial charge in [0.2, 0.25) is 5.91 Å². The van der Waals surface area contributed by atoms with Crippen LogP contribution in [0.4, 0.5) is 4.39 Å². The van der Waals surface area contributed by atoms with Crippen LogP contribution in [-0.4, -0.2) is 40.7 Å². The van der Waals surface area contributed by atoms with Crippen molar-refractivity contribution in [3.05, 3.63) is 71.0 Å². The monoisotopic (exact) mass is 382 g/mol. The van der Waals surface area contributed by atoms with E-state index in [9.17, 15) is 14.0 Å². The lowest BCUT2D eigenvalue weighted by Crippen LogP contribution is -2.47. The van der Waals surface area contributed by atoms with E-state index in [0.29, 0.717) is 31.6 Å². The van der Waals surface area contributed by atoms with Crippen LogP contribution in [0, 0.1) is 18.7 Å². The first-order valence-electron chi connectivity index (χ1n) is 9.75. The molecule has 1 aliphatic heterocycles. The molecule has 0 aromatic heterocycles. The summed E-state index contributed by atoms with van der Waals surface area (Å²) < 4.78 is 13.2. The highest BCUT2D eigenvalue weighted by Crippen LogP contribution is 2.22. The molecule has 0 unspecified atom stereocenters. The number of carbonyl (C=O) groups is 2. The van der Waals surface area contributed by atoms with E-state index in [4.69, 9.17) is 0 Å². The van der Waals surface area contributed by atoms with Gasteiger partial charge in [0, 0.05) is 31.6 Å². The third kappa shape index (κ3) is 4.58. The summed E-state index contributed by atoms with van der Waals surface area (Å²) in [4.78, 5) is 29.6. The summed E-state index contributed by atoms with van der Waals surface area (Å²) in [6.07, 6.45) is 0.294. The maximum Gasteiger partial charge on any atom is 0.253 e. The van der Waals surface area contributed by atoms with Crippen LogP contribution in [0.2, 0.25) is 0 Å². The van der Waals surface area contributed by atoms with Crippen LogP contribution >= 0.6 is 0 Å². The largest absolute Gasteiger partial charge is 0.336 e. The van der Waals surface area contributed by atoms with Crippen molar-refractivity contribution in [1.29, 1.82) is 0 Å². The Morgan fingerprint density at radius 3 is 2.54 bits per heavy atom. The number of hydrogen-bond acceptors (Lipinski definition) is 2. The molecule has 4 nitrogen and oxygen atoms in total. The highest BCUT2D eigenvalue weighted by molar-refractivity contribution is 5.95. The van der Waals surface area contributed by atoms with E-state index in [1.165, 1.54) is 12.1 Å². The van der Waals surface area contributed by atoms with E-state index in [1.807, 2.05) is 36.1 Å².